The molecule has 5 rings (SSSR count). The van der Waals surface area contributed by atoms with Gasteiger partial charge in [0.2, 0.25) is 0 Å². The molecule has 5 heteroatoms. The smallest absolute Gasteiger partial charge is 0.254 e. The van der Waals surface area contributed by atoms with E-state index in [2.05, 4.69) is 39.6 Å². The summed E-state index contributed by atoms with van der Waals surface area (Å²) < 4.78 is 1.79. The molecule has 3 atom stereocenters. The molecule has 2 aliphatic rings. The van der Waals surface area contributed by atoms with Gasteiger partial charge in [-0.2, -0.15) is 5.10 Å². The molecule has 1 N–H and O–H groups in total. The first-order chi connectivity index (χ1) is 13.3. The van der Waals surface area contributed by atoms with Crippen LogP contribution in [0.2, 0.25) is 0 Å². The molecule has 0 aliphatic carbocycles. The van der Waals surface area contributed by atoms with Crippen LogP contribution in [0.25, 0.3) is 5.69 Å². The van der Waals surface area contributed by atoms with E-state index in [4.69, 9.17) is 0 Å². The minimum absolute atomic E-state index is 0.104. The minimum Gasteiger partial charge on any atom is -0.331 e. The number of nitrogens with zero attached hydrogens (tertiary/aromatic N) is 3. The maximum atomic E-state index is 13.5. The Morgan fingerprint density at radius 3 is 2.74 bits per heavy atom. The zero-order chi connectivity index (χ0) is 18.2. The highest BCUT2D eigenvalue weighted by Gasteiger charge is 2.46. The number of benzene rings is 2. The van der Waals surface area contributed by atoms with Gasteiger partial charge in [0.05, 0.1) is 11.7 Å². The topological polar surface area (TPSA) is 50.2 Å². The van der Waals surface area contributed by atoms with Crippen LogP contribution in [-0.2, 0) is 0 Å². The molecule has 0 bridgehead atoms. The maximum absolute atomic E-state index is 13.5. The van der Waals surface area contributed by atoms with Gasteiger partial charge in [-0.3, -0.25) is 4.79 Å². The largest absolute Gasteiger partial charge is 0.331 e. The second-order valence-electron chi connectivity index (χ2n) is 7.40. The number of amides is 1. The monoisotopic (exact) mass is 358 g/mol. The van der Waals surface area contributed by atoms with Crippen LogP contribution in [0.5, 0.6) is 0 Å². The predicted octanol–water partition coefficient (Wildman–Crippen LogP) is 2.91. The third-order valence-electron chi connectivity index (χ3n) is 5.83. The van der Waals surface area contributed by atoms with E-state index in [-0.39, 0.29) is 11.9 Å². The Hall–Kier alpha value is -2.92. The molecule has 3 heterocycles. The number of likely N-dealkylation sites (tertiary alicyclic amines) is 1. The first-order valence-electron chi connectivity index (χ1n) is 9.48. The number of aromatic nitrogens is 2. The minimum atomic E-state index is 0.104. The molecule has 1 amide bonds. The van der Waals surface area contributed by atoms with Crippen molar-refractivity contribution in [3.8, 4) is 5.69 Å². The molecule has 0 spiro atoms. The van der Waals surface area contributed by atoms with Gasteiger partial charge in [-0.1, -0.05) is 36.4 Å². The lowest BCUT2D eigenvalue weighted by atomic mass is 9.89. The van der Waals surface area contributed by atoms with Crippen LogP contribution < -0.4 is 5.32 Å². The highest BCUT2D eigenvalue weighted by molar-refractivity contribution is 5.95. The van der Waals surface area contributed by atoms with E-state index >= 15 is 0 Å². The number of hydrogen-bond donors (Lipinski definition) is 1. The van der Waals surface area contributed by atoms with Crippen molar-refractivity contribution in [2.24, 2.45) is 11.8 Å². The van der Waals surface area contributed by atoms with Crippen LogP contribution in [0.15, 0.2) is 73.1 Å². The van der Waals surface area contributed by atoms with Crippen molar-refractivity contribution in [2.45, 2.75) is 6.04 Å². The lowest BCUT2D eigenvalue weighted by Gasteiger charge is -2.28. The normalized spacial score (nSPS) is 24.1. The Bertz CT molecular complexity index is 938. The average molecular weight is 358 g/mol. The third kappa shape index (κ3) is 2.84. The van der Waals surface area contributed by atoms with Crippen LogP contribution in [0.4, 0.5) is 0 Å². The number of carbonyl (C=O) groups excluding carboxylic acids is 1. The van der Waals surface area contributed by atoms with Crippen LogP contribution in [-0.4, -0.2) is 40.2 Å². The van der Waals surface area contributed by atoms with Crippen molar-refractivity contribution in [3.63, 3.8) is 0 Å². The lowest BCUT2D eigenvalue weighted by Crippen LogP contribution is -2.34. The third-order valence-corrected chi connectivity index (χ3v) is 5.83. The summed E-state index contributed by atoms with van der Waals surface area (Å²) in [5, 5.41) is 7.78. The van der Waals surface area contributed by atoms with Crippen LogP contribution >= 0.6 is 0 Å². The fourth-order valence-electron chi connectivity index (χ4n) is 4.58. The molecule has 0 unspecified atom stereocenters. The zero-order valence-corrected chi connectivity index (χ0v) is 15.0. The summed E-state index contributed by atoms with van der Waals surface area (Å²) in [6.45, 7) is 2.77. The summed E-state index contributed by atoms with van der Waals surface area (Å²) in [7, 11) is 0. The molecule has 2 aliphatic heterocycles. The molecular weight excluding hydrogens is 336 g/mol. The van der Waals surface area contributed by atoms with Crippen LogP contribution in [0, 0.1) is 11.8 Å². The average Bonchev–Trinajstić information content (AvgIpc) is 3.45. The summed E-state index contributed by atoms with van der Waals surface area (Å²) in [5.74, 6) is 1.10. The lowest BCUT2D eigenvalue weighted by molar-refractivity contribution is 0.0714. The van der Waals surface area contributed by atoms with E-state index in [9.17, 15) is 4.79 Å². The van der Waals surface area contributed by atoms with Crippen molar-refractivity contribution in [1.82, 2.24) is 20.0 Å². The summed E-state index contributed by atoms with van der Waals surface area (Å²) >= 11 is 0. The van der Waals surface area contributed by atoms with Gasteiger partial charge < -0.3 is 10.2 Å². The van der Waals surface area contributed by atoms with Crippen LogP contribution in [0.1, 0.15) is 22.0 Å². The first-order valence-corrected chi connectivity index (χ1v) is 9.48. The van der Waals surface area contributed by atoms with Gasteiger partial charge >= 0.3 is 0 Å². The Labute approximate surface area is 158 Å². The Morgan fingerprint density at radius 2 is 1.93 bits per heavy atom. The molecule has 5 nitrogen and oxygen atoms in total. The quantitative estimate of drug-likeness (QED) is 0.783. The van der Waals surface area contributed by atoms with Gasteiger partial charge in [0.15, 0.2) is 0 Å². The number of carbonyl (C=O) groups is 1. The van der Waals surface area contributed by atoms with Gasteiger partial charge in [-0.25, -0.2) is 4.68 Å². The highest BCUT2D eigenvalue weighted by Crippen LogP contribution is 2.43. The molecule has 136 valence electrons. The van der Waals surface area contributed by atoms with E-state index in [0.29, 0.717) is 11.8 Å². The van der Waals surface area contributed by atoms with Gasteiger partial charge in [0.25, 0.3) is 5.91 Å². The van der Waals surface area contributed by atoms with Gasteiger partial charge in [0.1, 0.15) is 0 Å². The molecule has 1 aromatic heterocycles. The van der Waals surface area contributed by atoms with E-state index in [1.807, 2.05) is 42.6 Å². The highest BCUT2D eigenvalue weighted by atomic mass is 16.2. The summed E-state index contributed by atoms with van der Waals surface area (Å²) in [6, 6.07) is 20.2. The fraction of sp³-hybridized carbons (Fsp3) is 0.273. The van der Waals surface area contributed by atoms with Gasteiger partial charge in [-0.05, 0) is 35.7 Å². The molecule has 3 aromatic rings. The van der Waals surface area contributed by atoms with Crippen molar-refractivity contribution in [2.75, 3.05) is 19.6 Å². The SMILES string of the molecule is O=C(c1cccc(-n2cccn2)c1)N1C[C@@H]2CNC[C@@H]2[C@H]1c1ccccc1. The summed E-state index contributed by atoms with van der Waals surface area (Å²) in [6.07, 6.45) is 3.64. The Balaban J connectivity index is 1.49. The molecule has 2 fully saturated rings. The van der Waals surface area contributed by atoms with E-state index < -0.39 is 0 Å². The van der Waals surface area contributed by atoms with Crippen molar-refractivity contribution in [1.29, 1.82) is 0 Å². The molecular formula is C22H22N4O. The second-order valence-corrected chi connectivity index (χ2v) is 7.40. The number of fused-ring (bicyclic) bond motifs is 1. The standard InChI is InChI=1S/C22H22N4O/c27-22(17-8-4-9-19(12-17)26-11-5-10-24-26)25-15-18-13-23-14-20(18)21(25)16-6-2-1-3-7-16/h1-12,18,20-21,23H,13-15H2/t18-,20-,21+/m0/s1. The summed E-state index contributed by atoms with van der Waals surface area (Å²) in [4.78, 5) is 15.5. The number of rotatable bonds is 3. The molecule has 2 saturated heterocycles. The Kier molecular flexibility index (Phi) is 4.02. The van der Waals surface area contributed by atoms with Crippen LogP contribution in [0.3, 0.4) is 0 Å². The number of nitrogens with one attached hydrogen (secondary N) is 1. The molecule has 0 radical (unpaired) electrons. The fourth-order valence-corrected chi connectivity index (χ4v) is 4.58. The molecule has 2 aromatic carbocycles. The zero-order valence-electron chi connectivity index (χ0n) is 15.0. The van der Waals surface area contributed by atoms with Gasteiger partial charge in [-0.15, -0.1) is 0 Å². The summed E-state index contributed by atoms with van der Waals surface area (Å²) in [5.41, 5.74) is 2.85. The molecule has 0 saturated carbocycles. The van der Waals surface area contributed by atoms with Crippen molar-refractivity contribution < 1.29 is 4.79 Å². The number of hydrogen-bond acceptors (Lipinski definition) is 3. The molecule has 27 heavy (non-hydrogen) atoms. The predicted molar refractivity (Wildman–Crippen MR) is 104 cm³/mol. The van der Waals surface area contributed by atoms with Crippen molar-refractivity contribution >= 4 is 5.91 Å². The Morgan fingerprint density at radius 1 is 1.04 bits per heavy atom. The van der Waals surface area contributed by atoms with E-state index in [0.717, 1.165) is 30.9 Å². The first kappa shape index (κ1) is 16.3. The second kappa shape index (κ2) is 6.67. The van der Waals surface area contributed by atoms with E-state index in [1.54, 1.807) is 10.9 Å². The maximum Gasteiger partial charge on any atom is 0.254 e. The van der Waals surface area contributed by atoms with Gasteiger partial charge in [0, 0.05) is 43.5 Å². The van der Waals surface area contributed by atoms with Crippen molar-refractivity contribution in [3.05, 3.63) is 84.2 Å². The van der Waals surface area contributed by atoms with E-state index in [1.165, 1.54) is 5.56 Å².